The molecule has 0 spiro atoms. The van der Waals surface area contributed by atoms with Crippen molar-refractivity contribution in [1.29, 1.82) is 0 Å². The van der Waals surface area contributed by atoms with Gasteiger partial charge in [0.2, 0.25) is 5.91 Å². The summed E-state index contributed by atoms with van der Waals surface area (Å²) in [5.41, 5.74) is 5.67. The van der Waals surface area contributed by atoms with Crippen LogP contribution in [0.2, 0.25) is 0 Å². The lowest BCUT2D eigenvalue weighted by molar-refractivity contribution is -0.137. The Bertz CT molecular complexity index is 225. The highest BCUT2D eigenvalue weighted by molar-refractivity contribution is 5.82. The van der Waals surface area contributed by atoms with Gasteiger partial charge in [0.25, 0.3) is 0 Å². The van der Waals surface area contributed by atoms with Gasteiger partial charge in [-0.15, -0.1) is 0 Å². The number of amides is 1. The van der Waals surface area contributed by atoms with Gasteiger partial charge in [0.1, 0.15) is 0 Å². The maximum atomic E-state index is 11.8. The molecule has 0 radical (unpaired) electrons. The van der Waals surface area contributed by atoms with Crippen LogP contribution in [0.1, 0.15) is 39.5 Å². The zero-order valence-electron chi connectivity index (χ0n) is 10.1. The summed E-state index contributed by atoms with van der Waals surface area (Å²) in [6.07, 6.45) is 1.92. The topological polar surface area (TPSA) is 83.6 Å². The van der Waals surface area contributed by atoms with Crippen molar-refractivity contribution in [1.82, 2.24) is 4.90 Å². The zero-order valence-corrected chi connectivity index (χ0v) is 10.1. The van der Waals surface area contributed by atoms with Crippen LogP contribution in [0, 0.1) is 0 Å². The molecule has 1 atom stereocenters. The van der Waals surface area contributed by atoms with Crippen molar-refractivity contribution in [3.63, 3.8) is 0 Å². The largest absolute Gasteiger partial charge is 0.481 e. The second-order valence-corrected chi connectivity index (χ2v) is 3.86. The first-order valence-electron chi connectivity index (χ1n) is 5.79. The van der Waals surface area contributed by atoms with E-state index in [9.17, 15) is 9.59 Å². The third-order valence-corrected chi connectivity index (χ3v) is 2.29. The molecule has 5 nitrogen and oxygen atoms in total. The molecule has 16 heavy (non-hydrogen) atoms. The first-order valence-corrected chi connectivity index (χ1v) is 5.79. The number of carbonyl (C=O) groups is 2. The second-order valence-electron chi connectivity index (χ2n) is 3.86. The predicted octanol–water partition coefficient (Wildman–Crippen LogP) is 0.827. The number of hydrogen-bond acceptors (Lipinski definition) is 3. The highest BCUT2D eigenvalue weighted by Crippen LogP contribution is 2.03. The lowest BCUT2D eigenvalue weighted by Crippen LogP contribution is -2.44. The van der Waals surface area contributed by atoms with Gasteiger partial charge in [-0.05, 0) is 19.3 Å². The average molecular weight is 230 g/mol. The van der Waals surface area contributed by atoms with Gasteiger partial charge in [-0.25, -0.2) is 0 Å². The Hall–Kier alpha value is -1.10. The first kappa shape index (κ1) is 14.9. The molecule has 0 saturated carbocycles. The molecule has 1 amide bonds. The summed E-state index contributed by atoms with van der Waals surface area (Å²) in [5, 5.41) is 8.51. The molecule has 0 aromatic heterocycles. The van der Waals surface area contributed by atoms with E-state index in [4.69, 9.17) is 10.8 Å². The van der Waals surface area contributed by atoms with Gasteiger partial charge in [-0.2, -0.15) is 0 Å². The van der Waals surface area contributed by atoms with E-state index in [0.29, 0.717) is 13.1 Å². The van der Waals surface area contributed by atoms with E-state index in [-0.39, 0.29) is 18.7 Å². The Morgan fingerprint density at radius 1 is 1.25 bits per heavy atom. The Morgan fingerprint density at radius 3 is 2.12 bits per heavy atom. The molecule has 0 bridgehead atoms. The van der Waals surface area contributed by atoms with Gasteiger partial charge in [-0.3, -0.25) is 9.59 Å². The van der Waals surface area contributed by atoms with Crippen LogP contribution in [-0.2, 0) is 9.59 Å². The normalized spacial score (nSPS) is 12.2. The van der Waals surface area contributed by atoms with Gasteiger partial charge in [0, 0.05) is 19.5 Å². The predicted molar refractivity (Wildman–Crippen MR) is 62.0 cm³/mol. The number of hydrogen-bond donors (Lipinski definition) is 2. The molecule has 0 heterocycles. The fraction of sp³-hybridized carbons (Fsp3) is 0.818. The number of nitrogens with two attached hydrogens (primary N) is 1. The molecule has 0 saturated heterocycles. The standard InChI is InChI=1S/C11H22N2O3/c1-3-7-13(8-4-2)11(16)9(12)5-6-10(14)15/h9H,3-8,12H2,1-2H3,(H,14,15). The summed E-state index contributed by atoms with van der Waals surface area (Å²) in [4.78, 5) is 23.9. The Labute approximate surface area is 96.6 Å². The van der Waals surface area contributed by atoms with Gasteiger partial charge in [-0.1, -0.05) is 13.8 Å². The Kier molecular flexibility index (Phi) is 7.54. The molecule has 0 aromatic rings. The summed E-state index contributed by atoms with van der Waals surface area (Å²) in [5.74, 6) is -1.05. The Morgan fingerprint density at radius 2 is 1.75 bits per heavy atom. The van der Waals surface area contributed by atoms with Gasteiger partial charge >= 0.3 is 5.97 Å². The molecule has 0 aliphatic rings. The lowest BCUT2D eigenvalue weighted by Gasteiger charge is -2.24. The van der Waals surface area contributed by atoms with Crippen LogP contribution < -0.4 is 5.73 Å². The molecule has 5 heteroatoms. The van der Waals surface area contributed by atoms with Crippen molar-refractivity contribution in [2.75, 3.05) is 13.1 Å². The summed E-state index contributed by atoms with van der Waals surface area (Å²) in [6.45, 7) is 5.37. The third kappa shape index (κ3) is 5.70. The molecule has 0 fully saturated rings. The summed E-state index contributed by atoms with van der Waals surface area (Å²) < 4.78 is 0. The summed E-state index contributed by atoms with van der Waals surface area (Å²) >= 11 is 0. The van der Waals surface area contributed by atoms with Crippen molar-refractivity contribution < 1.29 is 14.7 Å². The number of rotatable bonds is 8. The minimum absolute atomic E-state index is 0.0566. The molecule has 0 aliphatic carbocycles. The van der Waals surface area contributed by atoms with Crippen molar-refractivity contribution in [3.05, 3.63) is 0 Å². The molecule has 0 aliphatic heterocycles. The lowest BCUT2D eigenvalue weighted by atomic mass is 10.1. The molecule has 0 aromatic carbocycles. The summed E-state index contributed by atoms with van der Waals surface area (Å²) in [7, 11) is 0. The van der Waals surface area contributed by atoms with Crippen molar-refractivity contribution in [3.8, 4) is 0 Å². The third-order valence-electron chi connectivity index (χ3n) is 2.29. The minimum atomic E-state index is -0.916. The van der Waals surface area contributed by atoms with Crippen molar-refractivity contribution >= 4 is 11.9 Å². The minimum Gasteiger partial charge on any atom is -0.481 e. The van der Waals surface area contributed by atoms with E-state index in [0.717, 1.165) is 12.8 Å². The molecular weight excluding hydrogens is 208 g/mol. The quantitative estimate of drug-likeness (QED) is 0.647. The second kappa shape index (κ2) is 8.10. The van der Waals surface area contributed by atoms with Crippen LogP contribution in [0.5, 0.6) is 0 Å². The summed E-state index contributed by atoms with van der Waals surface area (Å²) in [6, 6.07) is -0.686. The Balaban J connectivity index is 4.18. The van der Waals surface area contributed by atoms with Gasteiger partial charge in [0.05, 0.1) is 6.04 Å². The van der Waals surface area contributed by atoms with E-state index in [1.807, 2.05) is 13.8 Å². The van der Waals surface area contributed by atoms with Crippen molar-refractivity contribution in [2.45, 2.75) is 45.6 Å². The first-order chi connectivity index (χ1) is 7.52. The smallest absolute Gasteiger partial charge is 0.303 e. The number of carboxylic acids is 1. The van der Waals surface area contributed by atoms with E-state index in [1.165, 1.54) is 0 Å². The highest BCUT2D eigenvalue weighted by Gasteiger charge is 2.20. The maximum Gasteiger partial charge on any atom is 0.303 e. The molecular formula is C11H22N2O3. The number of aliphatic carboxylic acids is 1. The van der Waals surface area contributed by atoms with Crippen LogP contribution in [0.3, 0.4) is 0 Å². The zero-order chi connectivity index (χ0) is 12.6. The molecule has 1 unspecified atom stereocenters. The fourth-order valence-corrected chi connectivity index (χ4v) is 1.51. The van der Waals surface area contributed by atoms with E-state index < -0.39 is 12.0 Å². The molecule has 94 valence electrons. The van der Waals surface area contributed by atoms with Crippen LogP contribution in [0.25, 0.3) is 0 Å². The van der Waals surface area contributed by atoms with Crippen LogP contribution in [-0.4, -0.2) is 41.0 Å². The molecule has 0 rings (SSSR count). The number of nitrogens with zero attached hydrogens (tertiary/aromatic N) is 1. The van der Waals surface area contributed by atoms with Crippen LogP contribution >= 0.6 is 0 Å². The van der Waals surface area contributed by atoms with Crippen LogP contribution in [0.4, 0.5) is 0 Å². The fourth-order valence-electron chi connectivity index (χ4n) is 1.51. The van der Waals surface area contributed by atoms with E-state index in [2.05, 4.69) is 0 Å². The van der Waals surface area contributed by atoms with Gasteiger partial charge < -0.3 is 15.7 Å². The number of carboxylic acid groups (broad SMARTS) is 1. The highest BCUT2D eigenvalue weighted by atomic mass is 16.4. The SMILES string of the molecule is CCCN(CCC)C(=O)C(N)CCC(=O)O. The number of carbonyl (C=O) groups excluding carboxylic acids is 1. The van der Waals surface area contributed by atoms with Gasteiger partial charge in [0.15, 0.2) is 0 Å². The van der Waals surface area contributed by atoms with Crippen LogP contribution in [0.15, 0.2) is 0 Å². The average Bonchev–Trinajstić information content (AvgIpc) is 2.24. The molecule has 3 N–H and O–H groups in total. The van der Waals surface area contributed by atoms with E-state index in [1.54, 1.807) is 4.90 Å². The monoisotopic (exact) mass is 230 g/mol. The maximum absolute atomic E-state index is 11.8. The van der Waals surface area contributed by atoms with E-state index >= 15 is 0 Å². The van der Waals surface area contributed by atoms with Crippen molar-refractivity contribution in [2.24, 2.45) is 5.73 Å².